The molecule has 0 aliphatic rings. The van der Waals surface area contributed by atoms with Crippen LogP contribution < -0.4 is 5.48 Å². The van der Waals surface area contributed by atoms with Gasteiger partial charge in [-0.1, -0.05) is 26.2 Å². The lowest BCUT2D eigenvalue weighted by atomic mass is 10.2. The zero-order valence-electron chi connectivity index (χ0n) is 6.30. The van der Waals surface area contributed by atoms with Gasteiger partial charge in [0.05, 0.1) is 6.54 Å². The molecule has 3 nitrogen and oxygen atoms in total. The van der Waals surface area contributed by atoms with E-state index in [1.165, 1.54) is 19.3 Å². The molecule has 2 radical (unpaired) electrons. The van der Waals surface area contributed by atoms with E-state index in [-0.39, 0.29) is 0 Å². The lowest BCUT2D eigenvalue weighted by Gasteiger charge is -1.95. The Bertz CT molecular complexity index is 76.0. The molecule has 0 aromatic carbocycles. The molecule has 58 valence electrons. The largest absolute Gasteiger partial charge is 0.439 e. The Morgan fingerprint density at radius 3 is 2.80 bits per heavy atom. The SMILES string of the molecule is CCCCCC[N]O[C]=O. The van der Waals surface area contributed by atoms with Crippen molar-refractivity contribution in [2.45, 2.75) is 32.6 Å². The smallest absolute Gasteiger partial charge is 0.340 e. The van der Waals surface area contributed by atoms with Crippen LogP contribution in [-0.2, 0) is 9.63 Å². The summed E-state index contributed by atoms with van der Waals surface area (Å²) in [5.41, 5.74) is 3.44. The van der Waals surface area contributed by atoms with Gasteiger partial charge in [0.25, 0.3) is 0 Å². The number of carbonyl (C=O) groups excluding carboxylic acids is 1. The van der Waals surface area contributed by atoms with Crippen LogP contribution in [0.1, 0.15) is 32.6 Å². The first kappa shape index (κ1) is 9.43. The molecule has 0 rings (SSSR count). The molecule has 0 heterocycles. The maximum absolute atomic E-state index is 9.45. The van der Waals surface area contributed by atoms with Gasteiger partial charge in [-0.2, -0.15) is 0 Å². The number of unbranched alkanes of at least 4 members (excludes halogenated alkanes) is 3. The highest BCUT2D eigenvalue weighted by molar-refractivity contribution is 5.37. The zero-order chi connectivity index (χ0) is 7.66. The number of hydrogen-bond acceptors (Lipinski definition) is 2. The van der Waals surface area contributed by atoms with Crippen LogP contribution in [0.25, 0.3) is 0 Å². The third-order valence-corrected chi connectivity index (χ3v) is 1.20. The molecule has 0 fully saturated rings. The fourth-order valence-electron chi connectivity index (χ4n) is 0.675. The van der Waals surface area contributed by atoms with Crippen LogP contribution >= 0.6 is 0 Å². The molecule has 0 N–H and O–H groups in total. The Kier molecular flexibility index (Phi) is 7.95. The van der Waals surface area contributed by atoms with Crippen molar-refractivity contribution in [3.8, 4) is 0 Å². The first-order valence-corrected chi connectivity index (χ1v) is 3.61. The van der Waals surface area contributed by atoms with E-state index in [0.717, 1.165) is 12.8 Å². The molecule has 0 bridgehead atoms. The van der Waals surface area contributed by atoms with Crippen LogP contribution in [0.3, 0.4) is 0 Å². The zero-order valence-corrected chi connectivity index (χ0v) is 6.30. The van der Waals surface area contributed by atoms with Gasteiger partial charge in [0.2, 0.25) is 0 Å². The predicted molar refractivity (Wildman–Crippen MR) is 37.9 cm³/mol. The van der Waals surface area contributed by atoms with Crippen molar-refractivity contribution in [3.05, 3.63) is 0 Å². The normalized spacial score (nSPS) is 9.30. The fraction of sp³-hybridized carbons (Fsp3) is 0.857. The molecule has 0 saturated carbocycles. The summed E-state index contributed by atoms with van der Waals surface area (Å²) >= 11 is 0. The quantitative estimate of drug-likeness (QED) is 0.396. The summed E-state index contributed by atoms with van der Waals surface area (Å²) in [4.78, 5) is 13.5. The summed E-state index contributed by atoms with van der Waals surface area (Å²) in [6.45, 7) is 3.99. The summed E-state index contributed by atoms with van der Waals surface area (Å²) in [5, 5.41) is 0. The average Bonchev–Trinajstić information content (AvgIpc) is 1.97. The van der Waals surface area contributed by atoms with Crippen molar-refractivity contribution in [1.29, 1.82) is 0 Å². The van der Waals surface area contributed by atoms with Crippen LogP contribution in [0.5, 0.6) is 0 Å². The Labute approximate surface area is 61.7 Å². The molecule has 0 amide bonds. The second kappa shape index (κ2) is 8.43. The number of nitrogens with zero attached hydrogens (tertiary/aromatic N) is 1. The second-order valence-electron chi connectivity index (χ2n) is 2.09. The minimum Gasteiger partial charge on any atom is -0.340 e. The summed E-state index contributed by atoms with van der Waals surface area (Å²) in [6.07, 6.45) is 4.58. The molecule has 3 heteroatoms. The first-order valence-electron chi connectivity index (χ1n) is 3.61. The molecule has 0 spiro atoms. The maximum Gasteiger partial charge on any atom is 0.439 e. The highest BCUT2D eigenvalue weighted by atomic mass is 16.7. The summed E-state index contributed by atoms with van der Waals surface area (Å²) < 4.78 is 0. The minimum absolute atomic E-state index is 0.606. The van der Waals surface area contributed by atoms with E-state index in [1.54, 1.807) is 0 Å². The maximum atomic E-state index is 9.45. The van der Waals surface area contributed by atoms with E-state index in [9.17, 15) is 4.79 Å². The molecular weight excluding hydrogens is 130 g/mol. The lowest BCUT2D eigenvalue weighted by Crippen LogP contribution is -2.06. The van der Waals surface area contributed by atoms with Crippen molar-refractivity contribution >= 4 is 6.47 Å². The topological polar surface area (TPSA) is 40.4 Å². The van der Waals surface area contributed by atoms with Crippen molar-refractivity contribution in [2.75, 3.05) is 6.54 Å². The monoisotopic (exact) mass is 143 g/mol. The van der Waals surface area contributed by atoms with Crippen molar-refractivity contribution < 1.29 is 9.63 Å². The molecule has 0 aromatic rings. The van der Waals surface area contributed by atoms with E-state index >= 15 is 0 Å². The summed E-state index contributed by atoms with van der Waals surface area (Å²) in [5.74, 6) is 0. The van der Waals surface area contributed by atoms with Crippen molar-refractivity contribution in [1.82, 2.24) is 5.48 Å². The van der Waals surface area contributed by atoms with E-state index in [2.05, 4.69) is 17.2 Å². The van der Waals surface area contributed by atoms with E-state index < -0.39 is 0 Å². The van der Waals surface area contributed by atoms with Crippen LogP contribution in [0.15, 0.2) is 0 Å². The molecule has 0 aliphatic carbocycles. The van der Waals surface area contributed by atoms with Gasteiger partial charge >= 0.3 is 6.47 Å². The third kappa shape index (κ3) is 7.43. The first-order chi connectivity index (χ1) is 4.91. The highest BCUT2D eigenvalue weighted by Gasteiger charge is 1.88. The molecule has 0 aromatic heterocycles. The standard InChI is InChI=1S/C7H13NO2/c1-2-3-4-5-6-8-10-7-9/h2-6H2,1H3. The van der Waals surface area contributed by atoms with Gasteiger partial charge < -0.3 is 4.84 Å². The minimum atomic E-state index is 0.606. The number of rotatable bonds is 7. The summed E-state index contributed by atoms with van der Waals surface area (Å²) in [7, 11) is 0. The fourth-order valence-corrected chi connectivity index (χ4v) is 0.675. The molecule has 0 atom stereocenters. The third-order valence-electron chi connectivity index (χ3n) is 1.20. The Balaban J connectivity index is 2.70. The Hall–Kier alpha value is -0.570. The molecule has 0 saturated heterocycles. The van der Waals surface area contributed by atoms with Gasteiger partial charge in [0, 0.05) is 0 Å². The molecular formula is C7H13NO2. The van der Waals surface area contributed by atoms with Crippen LogP contribution in [0, 0.1) is 0 Å². The van der Waals surface area contributed by atoms with E-state index in [4.69, 9.17) is 0 Å². The summed E-state index contributed by atoms with van der Waals surface area (Å²) in [6, 6.07) is 0. The highest BCUT2D eigenvalue weighted by Crippen LogP contribution is 1.96. The van der Waals surface area contributed by atoms with Crippen molar-refractivity contribution in [2.24, 2.45) is 0 Å². The van der Waals surface area contributed by atoms with Crippen LogP contribution in [-0.4, -0.2) is 13.0 Å². The predicted octanol–water partition coefficient (Wildman–Crippen LogP) is 1.17. The number of hydrogen-bond donors (Lipinski definition) is 0. The molecule has 10 heavy (non-hydrogen) atoms. The second-order valence-corrected chi connectivity index (χ2v) is 2.09. The van der Waals surface area contributed by atoms with Crippen LogP contribution in [0.2, 0.25) is 0 Å². The van der Waals surface area contributed by atoms with Gasteiger partial charge in [-0.3, -0.25) is 0 Å². The van der Waals surface area contributed by atoms with E-state index in [0.29, 0.717) is 6.54 Å². The molecule has 0 aliphatic heterocycles. The van der Waals surface area contributed by atoms with Crippen LogP contribution in [0.4, 0.5) is 0 Å². The lowest BCUT2D eigenvalue weighted by molar-refractivity contribution is 0.157. The average molecular weight is 143 g/mol. The Morgan fingerprint density at radius 2 is 2.20 bits per heavy atom. The van der Waals surface area contributed by atoms with Gasteiger partial charge in [0.15, 0.2) is 0 Å². The Morgan fingerprint density at radius 1 is 1.40 bits per heavy atom. The van der Waals surface area contributed by atoms with Crippen molar-refractivity contribution in [3.63, 3.8) is 0 Å². The van der Waals surface area contributed by atoms with Gasteiger partial charge in [0.1, 0.15) is 0 Å². The van der Waals surface area contributed by atoms with Gasteiger partial charge in [-0.25, -0.2) is 4.79 Å². The van der Waals surface area contributed by atoms with Gasteiger partial charge in [-0.05, 0) is 11.9 Å². The number of hydroxylamine groups is 1. The van der Waals surface area contributed by atoms with Gasteiger partial charge in [-0.15, -0.1) is 0 Å². The molecule has 0 unspecified atom stereocenters. The van der Waals surface area contributed by atoms with E-state index in [1.807, 2.05) is 0 Å².